The van der Waals surface area contributed by atoms with Gasteiger partial charge in [-0.3, -0.25) is 9.89 Å². The number of hydrogen-bond donors (Lipinski definition) is 1. The number of nitrogens with zero attached hydrogens (tertiary/aromatic N) is 4. The minimum Gasteiger partial charge on any atom is -0.336 e. The van der Waals surface area contributed by atoms with Crippen LogP contribution < -0.4 is 0 Å². The highest BCUT2D eigenvalue weighted by molar-refractivity contribution is 5.77. The molecule has 3 heterocycles. The summed E-state index contributed by atoms with van der Waals surface area (Å²) in [7, 11) is 0. The lowest BCUT2D eigenvalue weighted by Gasteiger charge is -2.27. The third kappa shape index (κ3) is 2.63. The molecule has 1 aliphatic heterocycles. The number of aromatic amines is 1. The fourth-order valence-corrected chi connectivity index (χ4v) is 2.98. The second-order valence-electron chi connectivity index (χ2n) is 5.70. The Hall–Kier alpha value is -2.89. The minimum absolute atomic E-state index is 0.105. The number of carbonyl (C=O) groups excluding carboxylic acids is 1. The lowest BCUT2D eigenvalue weighted by molar-refractivity contribution is -0.132. The Morgan fingerprint density at radius 1 is 1.26 bits per heavy atom. The molecule has 0 saturated carbocycles. The van der Waals surface area contributed by atoms with Crippen LogP contribution in [0.1, 0.15) is 11.3 Å². The van der Waals surface area contributed by atoms with E-state index in [2.05, 4.69) is 15.2 Å². The molecule has 1 aliphatic rings. The number of rotatable bonds is 3. The Morgan fingerprint density at radius 3 is 2.91 bits per heavy atom. The molecule has 1 aromatic carbocycles. The maximum atomic E-state index is 12.5. The molecule has 3 aromatic rings. The molecular weight excluding hydrogens is 290 g/mol. The summed E-state index contributed by atoms with van der Waals surface area (Å²) in [6.07, 6.45) is 5.97. The summed E-state index contributed by atoms with van der Waals surface area (Å²) in [5.74, 6) is 0.105. The molecule has 0 bridgehead atoms. The molecule has 0 spiro atoms. The monoisotopic (exact) mass is 307 g/mol. The van der Waals surface area contributed by atoms with Crippen LogP contribution in [0.25, 0.3) is 11.3 Å². The topological polar surface area (TPSA) is 66.8 Å². The van der Waals surface area contributed by atoms with Gasteiger partial charge >= 0.3 is 0 Å². The van der Waals surface area contributed by atoms with E-state index in [1.54, 1.807) is 23.3 Å². The van der Waals surface area contributed by atoms with Crippen molar-refractivity contribution in [3.05, 3.63) is 60.3 Å². The number of fused-ring (bicyclic) bond motifs is 1. The van der Waals surface area contributed by atoms with E-state index in [1.807, 2.05) is 35.2 Å². The average Bonchev–Trinajstić information content (AvgIpc) is 3.24. The van der Waals surface area contributed by atoms with E-state index < -0.39 is 0 Å². The SMILES string of the molecule is O=C(Cn1ccnc1)N1CCc2[nH]nc(-c3ccccc3)c2C1. The highest BCUT2D eigenvalue weighted by Crippen LogP contribution is 2.28. The number of H-pyrrole nitrogens is 1. The van der Waals surface area contributed by atoms with Crippen molar-refractivity contribution in [1.29, 1.82) is 0 Å². The number of amides is 1. The first kappa shape index (κ1) is 13.8. The van der Waals surface area contributed by atoms with Crippen LogP contribution in [-0.4, -0.2) is 37.1 Å². The van der Waals surface area contributed by atoms with Crippen LogP contribution in [0.5, 0.6) is 0 Å². The minimum atomic E-state index is 0.105. The van der Waals surface area contributed by atoms with Crippen molar-refractivity contribution in [2.45, 2.75) is 19.5 Å². The second-order valence-corrected chi connectivity index (χ2v) is 5.70. The number of hydrogen-bond acceptors (Lipinski definition) is 3. The molecule has 2 aromatic heterocycles. The van der Waals surface area contributed by atoms with Gasteiger partial charge in [0.05, 0.1) is 12.0 Å². The Morgan fingerprint density at radius 2 is 2.13 bits per heavy atom. The fraction of sp³-hybridized carbons (Fsp3) is 0.235. The van der Waals surface area contributed by atoms with Crippen LogP contribution in [0.4, 0.5) is 0 Å². The molecule has 0 radical (unpaired) electrons. The summed E-state index contributed by atoms with van der Waals surface area (Å²) in [4.78, 5) is 18.4. The quantitative estimate of drug-likeness (QED) is 0.803. The maximum absolute atomic E-state index is 12.5. The molecule has 0 aliphatic carbocycles. The normalized spacial score (nSPS) is 13.8. The van der Waals surface area contributed by atoms with E-state index in [0.717, 1.165) is 35.5 Å². The smallest absolute Gasteiger partial charge is 0.242 e. The predicted molar refractivity (Wildman–Crippen MR) is 85.4 cm³/mol. The van der Waals surface area contributed by atoms with Crippen molar-refractivity contribution < 1.29 is 4.79 Å². The van der Waals surface area contributed by atoms with Crippen molar-refractivity contribution in [3.8, 4) is 11.3 Å². The van der Waals surface area contributed by atoms with Gasteiger partial charge in [-0.25, -0.2) is 4.98 Å². The summed E-state index contributed by atoms with van der Waals surface area (Å²) in [6.45, 7) is 1.65. The lowest BCUT2D eigenvalue weighted by atomic mass is 10.0. The van der Waals surface area contributed by atoms with Gasteiger partial charge in [0.15, 0.2) is 0 Å². The zero-order valence-corrected chi connectivity index (χ0v) is 12.6. The molecule has 1 amide bonds. The van der Waals surface area contributed by atoms with Crippen molar-refractivity contribution in [2.24, 2.45) is 0 Å². The Kier molecular flexibility index (Phi) is 3.42. The third-order valence-electron chi connectivity index (χ3n) is 4.21. The highest BCUT2D eigenvalue weighted by atomic mass is 16.2. The van der Waals surface area contributed by atoms with Gasteiger partial charge in [0, 0.05) is 48.7 Å². The fourth-order valence-electron chi connectivity index (χ4n) is 2.98. The second kappa shape index (κ2) is 5.72. The van der Waals surface area contributed by atoms with Crippen LogP contribution in [-0.2, 0) is 24.3 Å². The van der Waals surface area contributed by atoms with Gasteiger partial charge in [-0.2, -0.15) is 5.10 Å². The van der Waals surface area contributed by atoms with Crippen molar-refractivity contribution in [3.63, 3.8) is 0 Å². The third-order valence-corrected chi connectivity index (χ3v) is 4.21. The van der Waals surface area contributed by atoms with Gasteiger partial charge in [-0.1, -0.05) is 30.3 Å². The van der Waals surface area contributed by atoms with E-state index in [-0.39, 0.29) is 5.91 Å². The largest absolute Gasteiger partial charge is 0.336 e. The van der Waals surface area contributed by atoms with Crippen LogP contribution >= 0.6 is 0 Å². The predicted octanol–water partition coefficient (Wildman–Crippen LogP) is 1.86. The molecular formula is C17H17N5O. The molecule has 0 unspecified atom stereocenters. The number of imidazole rings is 1. The highest BCUT2D eigenvalue weighted by Gasteiger charge is 2.25. The average molecular weight is 307 g/mol. The van der Waals surface area contributed by atoms with E-state index >= 15 is 0 Å². The van der Waals surface area contributed by atoms with Gasteiger partial charge < -0.3 is 9.47 Å². The van der Waals surface area contributed by atoms with Gasteiger partial charge in [-0.15, -0.1) is 0 Å². The number of nitrogens with one attached hydrogen (secondary N) is 1. The number of benzene rings is 1. The van der Waals surface area contributed by atoms with Crippen LogP contribution in [0.3, 0.4) is 0 Å². The van der Waals surface area contributed by atoms with Crippen molar-refractivity contribution in [2.75, 3.05) is 6.54 Å². The number of carbonyl (C=O) groups is 1. The summed E-state index contributed by atoms with van der Waals surface area (Å²) < 4.78 is 1.80. The van der Waals surface area contributed by atoms with E-state index in [9.17, 15) is 4.79 Å². The zero-order chi connectivity index (χ0) is 15.6. The molecule has 0 atom stereocenters. The standard InChI is InChI=1S/C17H17N5O/c23-16(11-21-9-7-18-12-21)22-8-6-15-14(10-22)17(20-19-15)13-4-2-1-3-5-13/h1-5,7,9,12H,6,8,10-11H2,(H,19,20). The first-order chi connectivity index (χ1) is 11.3. The zero-order valence-electron chi connectivity index (χ0n) is 12.6. The Bertz CT molecular complexity index is 807. The molecule has 4 rings (SSSR count). The molecule has 116 valence electrons. The van der Waals surface area contributed by atoms with E-state index in [1.165, 1.54) is 0 Å². The van der Waals surface area contributed by atoms with E-state index in [0.29, 0.717) is 13.1 Å². The van der Waals surface area contributed by atoms with Gasteiger partial charge in [0.25, 0.3) is 0 Å². The summed E-state index contributed by atoms with van der Waals surface area (Å²) >= 11 is 0. The van der Waals surface area contributed by atoms with Crippen molar-refractivity contribution >= 4 is 5.91 Å². The lowest BCUT2D eigenvalue weighted by Crippen LogP contribution is -2.37. The summed E-state index contributed by atoms with van der Waals surface area (Å²) in [5.41, 5.74) is 4.28. The Labute approximate surface area is 133 Å². The van der Waals surface area contributed by atoms with Crippen LogP contribution in [0.2, 0.25) is 0 Å². The molecule has 1 N–H and O–H groups in total. The number of aromatic nitrogens is 4. The molecule has 0 saturated heterocycles. The molecule has 6 nitrogen and oxygen atoms in total. The first-order valence-corrected chi connectivity index (χ1v) is 7.66. The summed E-state index contributed by atoms with van der Waals surface area (Å²) in [5, 5.41) is 7.59. The van der Waals surface area contributed by atoms with Gasteiger partial charge in [0.1, 0.15) is 6.54 Å². The first-order valence-electron chi connectivity index (χ1n) is 7.66. The molecule has 0 fully saturated rings. The maximum Gasteiger partial charge on any atom is 0.242 e. The summed E-state index contributed by atoms with van der Waals surface area (Å²) in [6, 6.07) is 10.1. The Balaban J connectivity index is 1.57. The van der Waals surface area contributed by atoms with E-state index in [4.69, 9.17) is 0 Å². The molecule has 6 heteroatoms. The van der Waals surface area contributed by atoms with Crippen LogP contribution in [0.15, 0.2) is 49.1 Å². The van der Waals surface area contributed by atoms with Crippen molar-refractivity contribution in [1.82, 2.24) is 24.6 Å². The van der Waals surface area contributed by atoms with Gasteiger partial charge in [0.2, 0.25) is 5.91 Å². The molecule has 23 heavy (non-hydrogen) atoms. The van der Waals surface area contributed by atoms with Crippen LogP contribution in [0, 0.1) is 0 Å². The van der Waals surface area contributed by atoms with Gasteiger partial charge in [-0.05, 0) is 0 Å².